The molecule has 0 atom stereocenters. The van der Waals surface area contributed by atoms with Crippen LogP contribution in [-0.2, 0) is 4.84 Å². The minimum absolute atomic E-state index is 0.626. The Hall–Kier alpha value is -1.43. The standard InChI is InChI=1S/C15H10BrClN2OS/c1-20-19-14(11-3-2-4-12(17)13(11)16)10-7-9-5-6-21-15(9)18-8-10/h2-8H,1H3. The number of pyridine rings is 1. The van der Waals surface area contributed by atoms with E-state index >= 15 is 0 Å². The number of fused-ring (bicyclic) bond motifs is 1. The lowest BCUT2D eigenvalue weighted by molar-refractivity contribution is 0.214. The van der Waals surface area contributed by atoms with Crippen molar-refractivity contribution >= 4 is 54.8 Å². The minimum atomic E-state index is 0.626. The van der Waals surface area contributed by atoms with E-state index < -0.39 is 0 Å². The SMILES string of the molecule is CON=C(c1cnc2sccc2c1)c1cccc(Cl)c1Br. The fourth-order valence-electron chi connectivity index (χ4n) is 2.02. The van der Waals surface area contributed by atoms with E-state index in [2.05, 4.69) is 26.1 Å². The third kappa shape index (κ3) is 2.81. The van der Waals surface area contributed by atoms with E-state index in [9.17, 15) is 0 Å². The summed E-state index contributed by atoms with van der Waals surface area (Å²) in [6.07, 6.45) is 1.80. The highest BCUT2D eigenvalue weighted by atomic mass is 79.9. The summed E-state index contributed by atoms with van der Waals surface area (Å²) in [6, 6.07) is 9.72. The van der Waals surface area contributed by atoms with Gasteiger partial charge >= 0.3 is 0 Å². The Bertz CT molecular complexity index is 831. The molecule has 2 heterocycles. The van der Waals surface area contributed by atoms with Gasteiger partial charge in [-0.05, 0) is 39.5 Å². The summed E-state index contributed by atoms with van der Waals surface area (Å²) in [5, 5.41) is 7.88. The Morgan fingerprint density at radius 1 is 1.38 bits per heavy atom. The minimum Gasteiger partial charge on any atom is -0.399 e. The number of rotatable bonds is 3. The predicted molar refractivity (Wildman–Crippen MR) is 91.4 cm³/mol. The Morgan fingerprint density at radius 3 is 3.05 bits per heavy atom. The van der Waals surface area contributed by atoms with Gasteiger partial charge in [-0.3, -0.25) is 0 Å². The monoisotopic (exact) mass is 380 g/mol. The lowest BCUT2D eigenvalue weighted by atomic mass is 10.0. The summed E-state index contributed by atoms with van der Waals surface area (Å²) in [7, 11) is 1.52. The molecule has 3 rings (SSSR count). The van der Waals surface area contributed by atoms with Gasteiger partial charge in [0.05, 0.1) is 5.02 Å². The van der Waals surface area contributed by atoms with Crippen molar-refractivity contribution in [3.05, 3.63) is 62.5 Å². The van der Waals surface area contributed by atoms with Gasteiger partial charge in [0.25, 0.3) is 0 Å². The van der Waals surface area contributed by atoms with Crippen molar-refractivity contribution in [1.82, 2.24) is 4.98 Å². The third-order valence-electron chi connectivity index (χ3n) is 2.97. The van der Waals surface area contributed by atoms with Crippen LogP contribution in [0, 0.1) is 0 Å². The summed E-state index contributed by atoms with van der Waals surface area (Å²) < 4.78 is 0.785. The maximum Gasteiger partial charge on any atom is 0.123 e. The van der Waals surface area contributed by atoms with Crippen LogP contribution in [0.1, 0.15) is 11.1 Å². The highest BCUT2D eigenvalue weighted by Crippen LogP contribution is 2.29. The summed E-state index contributed by atoms with van der Waals surface area (Å²) in [4.78, 5) is 10.5. The Labute approximate surface area is 139 Å². The second-order valence-electron chi connectivity index (χ2n) is 4.26. The summed E-state index contributed by atoms with van der Waals surface area (Å²) >= 11 is 11.3. The summed E-state index contributed by atoms with van der Waals surface area (Å²) in [5.74, 6) is 0. The number of aromatic nitrogens is 1. The van der Waals surface area contributed by atoms with Crippen molar-refractivity contribution in [3.8, 4) is 0 Å². The molecule has 2 aromatic heterocycles. The average molecular weight is 382 g/mol. The predicted octanol–water partition coefficient (Wildman–Crippen LogP) is 5.11. The van der Waals surface area contributed by atoms with Crippen molar-refractivity contribution in [2.75, 3.05) is 7.11 Å². The topological polar surface area (TPSA) is 34.5 Å². The van der Waals surface area contributed by atoms with Crippen LogP contribution in [0.4, 0.5) is 0 Å². The number of thiophene rings is 1. The van der Waals surface area contributed by atoms with Crippen molar-refractivity contribution in [2.24, 2.45) is 5.16 Å². The molecule has 6 heteroatoms. The molecule has 0 unspecified atom stereocenters. The first kappa shape index (κ1) is 14.5. The van der Waals surface area contributed by atoms with Crippen molar-refractivity contribution in [3.63, 3.8) is 0 Å². The van der Waals surface area contributed by atoms with E-state index in [-0.39, 0.29) is 0 Å². The third-order valence-corrected chi connectivity index (χ3v) is 5.20. The molecule has 0 fully saturated rings. The van der Waals surface area contributed by atoms with Crippen LogP contribution in [-0.4, -0.2) is 17.8 Å². The van der Waals surface area contributed by atoms with Crippen LogP contribution in [0.5, 0.6) is 0 Å². The Balaban J connectivity index is 2.17. The first-order valence-corrected chi connectivity index (χ1v) is 8.15. The van der Waals surface area contributed by atoms with Crippen LogP contribution in [0.3, 0.4) is 0 Å². The molecule has 0 aliphatic heterocycles. The summed E-state index contributed by atoms with van der Waals surface area (Å²) in [5.41, 5.74) is 2.43. The molecule has 106 valence electrons. The van der Waals surface area contributed by atoms with E-state index in [1.165, 1.54) is 7.11 Å². The molecule has 0 saturated heterocycles. The zero-order valence-electron chi connectivity index (χ0n) is 11.0. The van der Waals surface area contributed by atoms with Gasteiger partial charge < -0.3 is 4.84 Å². The van der Waals surface area contributed by atoms with Crippen LogP contribution in [0.2, 0.25) is 5.02 Å². The molecule has 0 aliphatic rings. The molecule has 0 spiro atoms. The van der Waals surface area contributed by atoms with Crippen LogP contribution in [0.15, 0.2) is 51.5 Å². The second kappa shape index (κ2) is 6.13. The fourth-order valence-corrected chi connectivity index (χ4v) is 3.37. The Kier molecular flexibility index (Phi) is 4.24. The molecule has 0 N–H and O–H groups in total. The average Bonchev–Trinajstić information content (AvgIpc) is 2.95. The van der Waals surface area contributed by atoms with Gasteiger partial charge in [0, 0.05) is 27.2 Å². The normalized spacial score (nSPS) is 11.9. The molecular formula is C15H10BrClN2OS. The van der Waals surface area contributed by atoms with E-state index in [1.807, 2.05) is 35.7 Å². The zero-order chi connectivity index (χ0) is 14.8. The largest absolute Gasteiger partial charge is 0.399 e. The first-order valence-electron chi connectivity index (χ1n) is 6.10. The lowest BCUT2D eigenvalue weighted by Crippen LogP contribution is -2.05. The summed E-state index contributed by atoms with van der Waals surface area (Å²) in [6.45, 7) is 0. The van der Waals surface area contributed by atoms with Crippen molar-refractivity contribution in [2.45, 2.75) is 0 Å². The van der Waals surface area contributed by atoms with Crippen molar-refractivity contribution < 1.29 is 4.84 Å². The van der Waals surface area contributed by atoms with Gasteiger partial charge in [-0.2, -0.15) is 0 Å². The quantitative estimate of drug-likeness (QED) is 0.466. The molecule has 3 aromatic rings. The van der Waals surface area contributed by atoms with Gasteiger partial charge in [0.2, 0.25) is 0 Å². The molecule has 0 amide bonds. The van der Waals surface area contributed by atoms with Crippen LogP contribution >= 0.6 is 38.9 Å². The van der Waals surface area contributed by atoms with E-state index in [0.29, 0.717) is 10.7 Å². The van der Waals surface area contributed by atoms with Gasteiger partial charge in [0.15, 0.2) is 0 Å². The number of hydrogen-bond acceptors (Lipinski definition) is 4. The zero-order valence-corrected chi connectivity index (χ0v) is 14.2. The van der Waals surface area contributed by atoms with Crippen LogP contribution < -0.4 is 0 Å². The van der Waals surface area contributed by atoms with Crippen LogP contribution in [0.25, 0.3) is 10.2 Å². The lowest BCUT2D eigenvalue weighted by Gasteiger charge is -2.09. The highest BCUT2D eigenvalue weighted by Gasteiger charge is 2.14. The highest BCUT2D eigenvalue weighted by molar-refractivity contribution is 9.10. The molecule has 0 bridgehead atoms. The maximum atomic E-state index is 6.17. The first-order chi connectivity index (χ1) is 10.2. The molecule has 0 saturated carbocycles. The number of hydrogen-bond donors (Lipinski definition) is 0. The van der Waals surface area contributed by atoms with Gasteiger partial charge in [-0.1, -0.05) is 28.9 Å². The van der Waals surface area contributed by atoms with E-state index in [4.69, 9.17) is 16.4 Å². The molecule has 0 radical (unpaired) electrons. The molecule has 0 aliphatic carbocycles. The second-order valence-corrected chi connectivity index (χ2v) is 6.36. The van der Waals surface area contributed by atoms with Gasteiger partial charge in [-0.15, -0.1) is 11.3 Å². The Morgan fingerprint density at radius 2 is 2.24 bits per heavy atom. The van der Waals surface area contributed by atoms with Crippen molar-refractivity contribution in [1.29, 1.82) is 0 Å². The molecular weight excluding hydrogens is 372 g/mol. The van der Waals surface area contributed by atoms with E-state index in [0.717, 1.165) is 25.8 Å². The number of benzene rings is 1. The smallest absolute Gasteiger partial charge is 0.123 e. The number of oxime groups is 1. The maximum absolute atomic E-state index is 6.17. The number of nitrogens with zero attached hydrogens (tertiary/aromatic N) is 2. The number of halogens is 2. The fraction of sp³-hybridized carbons (Fsp3) is 0.0667. The van der Waals surface area contributed by atoms with E-state index in [1.54, 1.807) is 17.5 Å². The molecule has 21 heavy (non-hydrogen) atoms. The van der Waals surface area contributed by atoms with Gasteiger partial charge in [0.1, 0.15) is 17.7 Å². The molecule has 1 aromatic carbocycles. The van der Waals surface area contributed by atoms with Gasteiger partial charge in [-0.25, -0.2) is 4.98 Å². The molecule has 3 nitrogen and oxygen atoms in total.